The number of carbonyl (C=O) groups is 4. The lowest BCUT2D eigenvalue weighted by atomic mass is 9.99. The van der Waals surface area contributed by atoms with Crippen molar-refractivity contribution in [2.75, 3.05) is 33.9 Å². The van der Waals surface area contributed by atoms with Crippen molar-refractivity contribution in [1.82, 2.24) is 9.97 Å². The van der Waals surface area contributed by atoms with Gasteiger partial charge in [-0.3, -0.25) is 19.2 Å². The van der Waals surface area contributed by atoms with Crippen LogP contribution in [0, 0.1) is 0 Å². The van der Waals surface area contributed by atoms with Crippen molar-refractivity contribution in [2.45, 2.75) is 25.7 Å². The van der Waals surface area contributed by atoms with Gasteiger partial charge in [0.1, 0.15) is 0 Å². The number of aromatic amines is 2. The average Bonchev–Trinajstić information content (AvgIpc) is 3.93. The summed E-state index contributed by atoms with van der Waals surface area (Å²) < 4.78 is 0. The molecule has 12 rings (SSSR count). The Bertz CT molecular complexity index is 3590. The first-order valence-electron chi connectivity index (χ1n) is 24.3. The lowest BCUT2D eigenvalue weighted by molar-refractivity contribution is 0.0984. The highest BCUT2D eigenvalue weighted by atomic mass is 35.5. The Hall–Kier alpha value is -8.99. The lowest BCUT2D eigenvalue weighted by Gasteiger charge is -2.22. The van der Waals surface area contributed by atoms with Crippen molar-refractivity contribution in [1.29, 1.82) is 0 Å². The van der Waals surface area contributed by atoms with E-state index in [2.05, 4.69) is 56.5 Å². The number of hydrogen-bond acceptors (Lipinski definition) is 5. The molecule has 0 atom stereocenters. The molecule has 0 aliphatic carbocycles. The molecular formula is C62H51ClN6O4. The van der Waals surface area contributed by atoms with E-state index in [0.29, 0.717) is 40.2 Å². The number of carbonyl (C=O) groups excluding carboxylic acids is 4. The Morgan fingerprint density at radius 3 is 1.55 bits per heavy atom. The Labute approximate surface area is 428 Å². The minimum Gasteiger partial charge on any atom is -0.384 e. The molecule has 11 heteroatoms. The summed E-state index contributed by atoms with van der Waals surface area (Å²) in [5.74, 6) is -0.434. The van der Waals surface area contributed by atoms with E-state index in [1.54, 1.807) is 54.6 Å². The number of rotatable bonds is 8. The van der Waals surface area contributed by atoms with Crippen molar-refractivity contribution >= 4 is 79.1 Å². The van der Waals surface area contributed by atoms with Crippen LogP contribution >= 0.6 is 11.6 Å². The third-order valence-electron chi connectivity index (χ3n) is 13.1. The first-order chi connectivity index (χ1) is 35.8. The Balaban J connectivity index is 0.000000141. The number of anilines is 4. The maximum atomic E-state index is 13.5. The number of nitrogens with one attached hydrogen (secondary N) is 5. The number of halogens is 1. The number of aryl methyl sites for hydroxylation is 2. The van der Waals surface area contributed by atoms with Gasteiger partial charge >= 0.3 is 0 Å². The molecule has 10 aromatic rings. The summed E-state index contributed by atoms with van der Waals surface area (Å²) in [4.78, 5) is 58.8. The fraction of sp³-hybridized carbons (Fsp3) is 0.0968. The second-order valence-corrected chi connectivity index (χ2v) is 18.1. The summed E-state index contributed by atoms with van der Waals surface area (Å²) in [5, 5.41) is 11.3. The molecule has 0 spiro atoms. The van der Waals surface area contributed by atoms with E-state index in [9.17, 15) is 19.2 Å². The van der Waals surface area contributed by atoms with Gasteiger partial charge in [0.15, 0.2) is 0 Å². The first kappa shape index (κ1) is 47.7. The monoisotopic (exact) mass is 978 g/mol. The predicted octanol–water partition coefficient (Wildman–Crippen LogP) is 14.2. The van der Waals surface area contributed by atoms with Crippen LogP contribution in [0.1, 0.15) is 65.4 Å². The number of nitrogens with zero attached hydrogens (tertiary/aromatic N) is 1. The van der Waals surface area contributed by atoms with Crippen LogP contribution in [0.3, 0.4) is 0 Å². The van der Waals surface area contributed by atoms with Gasteiger partial charge in [-0.1, -0.05) is 109 Å². The lowest BCUT2D eigenvalue weighted by Crippen LogP contribution is -2.31. The van der Waals surface area contributed by atoms with E-state index in [4.69, 9.17) is 11.6 Å². The number of benzene rings is 8. The molecule has 2 aliphatic heterocycles. The van der Waals surface area contributed by atoms with Gasteiger partial charge in [-0.2, -0.15) is 0 Å². The molecule has 0 saturated heterocycles. The summed E-state index contributed by atoms with van der Waals surface area (Å²) in [6.07, 6.45) is 8.45. The Morgan fingerprint density at radius 2 is 0.973 bits per heavy atom. The van der Waals surface area contributed by atoms with E-state index in [1.165, 1.54) is 40.6 Å². The first-order valence-corrected chi connectivity index (χ1v) is 24.7. The van der Waals surface area contributed by atoms with Crippen LogP contribution in [-0.2, 0) is 12.8 Å². The molecule has 360 valence electrons. The second kappa shape index (κ2) is 22.0. The highest BCUT2D eigenvalue weighted by Gasteiger charge is 2.24. The van der Waals surface area contributed by atoms with Gasteiger partial charge < -0.3 is 30.8 Å². The van der Waals surface area contributed by atoms with Crippen LogP contribution in [0.25, 0.3) is 44.1 Å². The van der Waals surface area contributed by atoms with Gasteiger partial charge in [-0.05, 0) is 156 Å². The minimum atomic E-state index is -0.526. The molecule has 0 fully saturated rings. The zero-order valence-electron chi connectivity index (χ0n) is 39.8. The zero-order valence-corrected chi connectivity index (χ0v) is 40.6. The van der Waals surface area contributed by atoms with Crippen molar-refractivity contribution in [3.05, 3.63) is 240 Å². The third-order valence-corrected chi connectivity index (χ3v) is 13.3. The molecule has 0 saturated carbocycles. The molecule has 4 heterocycles. The van der Waals surface area contributed by atoms with Gasteiger partial charge in [0.25, 0.3) is 23.0 Å². The van der Waals surface area contributed by atoms with Gasteiger partial charge in [-0.25, -0.2) is 0 Å². The molecule has 0 radical (unpaired) electrons. The SMILES string of the molecule is O=C(Cl)c1ccc(NC(=O)c2ccccc2-c2ccccc2)cc1.O=C(Nc1ccc(C(=O)N2CCCc3c[nH]c4cccc2c34)cc1)c1ccccc1-c1ccccc1.c1cc2c3c(c[nH]c3c1)CCCN2. The molecular weight excluding hydrogens is 928 g/mol. The van der Waals surface area contributed by atoms with Crippen LogP contribution < -0.4 is 20.9 Å². The van der Waals surface area contributed by atoms with Gasteiger partial charge in [0.2, 0.25) is 0 Å². The summed E-state index contributed by atoms with van der Waals surface area (Å²) in [7, 11) is 0. The molecule has 10 nitrogen and oxygen atoms in total. The summed E-state index contributed by atoms with van der Waals surface area (Å²) in [6.45, 7) is 1.76. The number of amides is 3. The third kappa shape index (κ3) is 10.7. The number of aromatic nitrogens is 2. The molecule has 8 aromatic carbocycles. The van der Waals surface area contributed by atoms with Crippen molar-refractivity contribution in [2.24, 2.45) is 0 Å². The standard InChI is InChI=1S/C31H25N3O2.C20H14ClNO2.C11H12N2/c35-30(26-12-5-4-11-25(26)21-8-2-1-3-9-21)33-24-17-15-22(16-18-24)31(36)34-19-7-10-23-20-32-27-13-6-14-28(34)29(23)27;21-19(23)15-10-12-16(13-11-15)22-20(24)18-9-5-4-8-17(18)14-6-2-1-3-7-14;1-4-9-11-8(3-2-6-12-9)7-13-10(11)5-1/h1-6,8-9,11-18,20,32H,7,10,19H2,(H,33,35);1-13H,(H,22,24);1,4-5,7,12-13H,2-3,6H2. The smallest absolute Gasteiger partial charge is 0.258 e. The summed E-state index contributed by atoms with van der Waals surface area (Å²) in [5.41, 5.74) is 14.4. The van der Waals surface area contributed by atoms with Gasteiger partial charge in [0, 0.05) is 86.6 Å². The average molecular weight is 980 g/mol. The van der Waals surface area contributed by atoms with Gasteiger partial charge in [0.05, 0.1) is 5.69 Å². The van der Waals surface area contributed by atoms with Crippen LogP contribution in [0.4, 0.5) is 22.7 Å². The van der Waals surface area contributed by atoms with Crippen LogP contribution in [0.5, 0.6) is 0 Å². The normalized spacial score (nSPS) is 12.4. The highest BCUT2D eigenvalue weighted by Crippen LogP contribution is 2.35. The van der Waals surface area contributed by atoms with Crippen molar-refractivity contribution < 1.29 is 19.2 Å². The molecule has 5 N–H and O–H groups in total. The van der Waals surface area contributed by atoms with Crippen LogP contribution in [-0.4, -0.2) is 46.0 Å². The fourth-order valence-corrected chi connectivity index (χ4v) is 9.68. The van der Waals surface area contributed by atoms with Crippen molar-refractivity contribution in [3.63, 3.8) is 0 Å². The largest absolute Gasteiger partial charge is 0.384 e. The van der Waals surface area contributed by atoms with E-state index >= 15 is 0 Å². The van der Waals surface area contributed by atoms with Gasteiger partial charge in [-0.15, -0.1) is 0 Å². The summed E-state index contributed by atoms with van der Waals surface area (Å²) in [6, 6.07) is 60.6. The molecule has 2 aliphatic rings. The molecule has 73 heavy (non-hydrogen) atoms. The van der Waals surface area contributed by atoms with Crippen LogP contribution in [0.15, 0.2) is 207 Å². The molecule has 0 unspecified atom stereocenters. The quantitative estimate of drug-likeness (QED) is 0.0965. The maximum Gasteiger partial charge on any atom is 0.258 e. The van der Waals surface area contributed by atoms with E-state index in [-0.39, 0.29) is 17.7 Å². The number of H-pyrrole nitrogens is 2. The van der Waals surface area contributed by atoms with Crippen molar-refractivity contribution in [3.8, 4) is 22.3 Å². The van der Waals surface area contributed by atoms with E-state index in [0.717, 1.165) is 58.2 Å². The Morgan fingerprint density at radius 1 is 0.479 bits per heavy atom. The van der Waals surface area contributed by atoms with E-state index in [1.807, 2.05) is 126 Å². The van der Waals surface area contributed by atoms with Crippen LogP contribution in [0.2, 0.25) is 0 Å². The topological polar surface area (TPSA) is 139 Å². The van der Waals surface area contributed by atoms with E-state index < -0.39 is 5.24 Å². The minimum absolute atomic E-state index is 0.0381. The predicted molar refractivity (Wildman–Crippen MR) is 296 cm³/mol. The molecule has 0 bridgehead atoms. The second-order valence-electron chi connectivity index (χ2n) is 17.8. The molecule has 2 aromatic heterocycles. The molecule has 3 amide bonds. The zero-order chi connectivity index (χ0) is 50.1. The number of hydrogen-bond donors (Lipinski definition) is 5. The summed E-state index contributed by atoms with van der Waals surface area (Å²) >= 11 is 5.42. The Kier molecular flexibility index (Phi) is 14.3. The fourth-order valence-electron chi connectivity index (χ4n) is 9.55. The maximum absolute atomic E-state index is 13.5. The highest BCUT2D eigenvalue weighted by molar-refractivity contribution is 6.67.